The van der Waals surface area contributed by atoms with Gasteiger partial charge in [-0.1, -0.05) is 6.07 Å². The summed E-state index contributed by atoms with van der Waals surface area (Å²) in [5, 5.41) is 2.94. The van der Waals surface area contributed by atoms with E-state index in [2.05, 4.69) is 21.2 Å². The molecule has 0 unspecified atom stereocenters. The van der Waals surface area contributed by atoms with Gasteiger partial charge >= 0.3 is 0 Å². The van der Waals surface area contributed by atoms with Gasteiger partial charge < -0.3 is 14.6 Å². The number of amides is 1. The number of carbonyl (C=O) groups is 1. The zero-order valence-electron chi connectivity index (χ0n) is 12.0. The minimum absolute atomic E-state index is 0.116. The number of carbonyl (C=O) groups excluding carboxylic acids is 1. The Morgan fingerprint density at radius 2 is 2.14 bits per heavy atom. The van der Waals surface area contributed by atoms with E-state index in [9.17, 15) is 4.79 Å². The van der Waals surface area contributed by atoms with Crippen LogP contribution >= 0.6 is 15.9 Å². The highest BCUT2D eigenvalue weighted by atomic mass is 79.9. The number of anilines is 1. The molecule has 0 atom stereocenters. The first-order chi connectivity index (χ1) is 10.1. The molecule has 1 aromatic carbocycles. The number of aromatic nitrogens is 1. The fourth-order valence-corrected chi connectivity index (χ4v) is 2.81. The smallest absolute Gasteiger partial charge is 0.272 e. The zero-order valence-corrected chi connectivity index (χ0v) is 13.6. The maximum Gasteiger partial charge on any atom is 0.272 e. The molecular weight excluding hydrogens is 332 g/mol. The van der Waals surface area contributed by atoms with Crippen LogP contribution in [0, 0.1) is 6.92 Å². The van der Waals surface area contributed by atoms with Gasteiger partial charge in [-0.3, -0.25) is 4.79 Å². The van der Waals surface area contributed by atoms with Crippen molar-refractivity contribution in [1.82, 2.24) is 4.57 Å². The van der Waals surface area contributed by atoms with Crippen LogP contribution in [0.2, 0.25) is 0 Å². The van der Waals surface area contributed by atoms with E-state index in [1.54, 1.807) is 7.11 Å². The molecule has 0 aliphatic heterocycles. The fourth-order valence-electron chi connectivity index (χ4n) is 2.37. The van der Waals surface area contributed by atoms with E-state index in [1.165, 1.54) is 0 Å². The summed E-state index contributed by atoms with van der Waals surface area (Å²) < 4.78 is 8.30. The van der Waals surface area contributed by atoms with Crippen LogP contribution in [-0.4, -0.2) is 17.6 Å². The van der Waals surface area contributed by atoms with Gasteiger partial charge in [0.25, 0.3) is 5.91 Å². The van der Waals surface area contributed by atoms with Crippen molar-refractivity contribution >= 4 is 27.5 Å². The van der Waals surface area contributed by atoms with Crippen molar-refractivity contribution in [2.24, 2.45) is 0 Å². The summed E-state index contributed by atoms with van der Waals surface area (Å²) in [6, 6.07) is 8.04. The number of halogens is 1. The average molecular weight is 349 g/mol. The summed E-state index contributed by atoms with van der Waals surface area (Å²) in [7, 11) is 1.61. The number of methoxy groups -OCH3 is 1. The minimum Gasteiger partial charge on any atom is -0.495 e. The van der Waals surface area contributed by atoms with Gasteiger partial charge in [-0.05, 0) is 59.5 Å². The van der Waals surface area contributed by atoms with Crippen molar-refractivity contribution in [2.75, 3.05) is 12.4 Å². The molecule has 3 rings (SSSR count). The molecule has 1 aliphatic rings. The van der Waals surface area contributed by atoms with E-state index >= 15 is 0 Å². The van der Waals surface area contributed by atoms with Crippen molar-refractivity contribution in [3.05, 3.63) is 46.2 Å². The van der Waals surface area contributed by atoms with Crippen LogP contribution in [0.1, 0.15) is 34.9 Å². The molecule has 0 saturated heterocycles. The number of rotatable bonds is 4. The third-order valence-electron chi connectivity index (χ3n) is 3.59. The van der Waals surface area contributed by atoms with Crippen LogP contribution in [-0.2, 0) is 0 Å². The normalized spacial score (nSPS) is 14.0. The molecule has 21 heavy (non-hydrogen) atoms. The highest BCUT2D eigenvalue weighted by molar-refractivity contribution is 9.10. The molecule has 1 aromatic heterocycles. The lowest BCUT2D eigenvalue weighted by atomic mass is 10.2. The standard InChI is InChI=1S/C16H17BrN2O2/c1-10-3-6-13(15(7-10)21-2)18-16(20)14-8-11(17)9-19(14)12-4-5-12/h3,6-9,12H,4-5H2,1-2H3,(H,18,20). The topological polar surface area (TPSA) is 43.3 Å². The number of hydrogen-bond donors (Lipinski definition) is 1. The molecule has 1 N–H and O–H groups in total. The van der Waals surface area contributed by atoms with E-state index < -0.39 is 0 Å². The average Bonchev–Trinajstić information content (AvgIpc) is 3.23. The molecule has 1 fully saturated rings. The number of hydrogen-bond acceptors (Lipinski definition) is 2. The summed E-state index contributed by atoms with van der Waals surface area (Å²) in [5.41, 5.74) is 2.45. The van der Waals surface area contributed by atoms with Crippen LogP contribution in [0.3, 0.4) is 0 Å². The lowest BCUT2D eigenvalue weighted by Gasteiger charge is -2.12. The van der Waals surface area contributed by atoms with Gasteiger partial charge in [0.1, 0.15) is 11.4 Å². The number of benzene rings is 1. The molecular formula is C16H17BrN2O2. The van der Waals surface area contributed by atoms with Gasteiger partial charge in [0, 0.05) is 16.7 Å². The first-order valence-electron chi connectivity index (χ1n) is 6.92. The first-order valence-corrected chi connectivity index (χ1v) is 7.71. The van der Waals surface area contributed by atoms with E-state index in [0.29, 0.717) is 23.2 Å². The molecule has 4 nitrogen and oxygen atoms in total. The Morgan fingerprint density at radius 1 is 1.38 bits per heavy atom. The van der Waals surface area contributed by atoms with E-state index in [4.69, 9.17) is 4.74 Å². The van der Waals surface area contributed by atoms with Crippen molar-refractivity contribution in [3.63, 3.8) is 0 Å². The summed E-state index contributed by atoms with van der Waals surface area (Å²) in [4.78, 5) is 12.5. The largest absolute Gasteiger partial charge is 0.495 e. The second-order valence-electron chi connectivity index (χ2n) is 5.34. The molecule has 1 aliphatic carbocycles. The second-order valence-corrected chi connectivity index (χ2v) is 6.26. The van der Waals surface area contributed by atoms with E-state index in [1.807, 2.05) is 42.0 Å². The Kier molecular flexibility index (Phi) is 3.76. The second kappa shape index (κ2) is 5.56. The summed E-state index contributed by atoms with van der Waals surface area (Å²) >= 11 is 3.44. The van der Waals surface area contributed by atoms with Crippen molar-refractivity contribution in [3.8, 4) is 5.75 Å². The Morgan fingerprint density at radius 3 is 2.81 bits per heavy atom. The summed E-state index contributed by atoms with van der Waals surface area (Å²) in [5.74, 6) is 0.557. The molecule has 1 saturated carbocycles. The van der Waals surface area contributed by atoms with Crippen molar-refractivity contribution in [1.29, 1.82) is 0 Å². The highest BCUT2D eigenvalue weighted by Gasteiger charge is 2.28. The van der Waals surface area contributed by atoms with Gasteiger partial charge in [-0.15, -0.1) is 0 Å². The number of ether oxygens (including phenoxy) is 1. The molecule has 1 heterocycles. The molecule has 0 bridgehead atoms. The molecule has 0 spiro atoms. The van der Waals surface area contributed by atoms with Gasteiger partial charge in [0.05, 0.1) is 12.8 Å². The Balaban J connectivity index is 1.87. The van der Waals surface area contributed by atoms with E-state index in [0.717, 1.165) is 22.9 Å². The number of nitrogens with one attached hydrogen (secondary N) is 1. The van der Waals surface area contributed by atoms with Crippen LogP contribution in [0.15, 0.2) is 34.9 Å². The number of aryl methyl sites for hydroxylation is 1. The fraction of sp³-hybridized carbons (Fsp3) is 0.312. The van der Waals surface area contributed by atoms with Crippen molar-refractivity contribution in [2.45, 2.75) is 25.8 Å². The maximum atomic E-state index is 12.5. The highest BCUT2D eigenvalue weighted by Crippen LogP contribution is 2.37. The molecule has 1 amide bonds. The Bertz CT molecular complexity index is 690. The van der Waals surface area contributed by atoms with Crippen LogP contribution < -0.4 is 10.1 Å². The third-order valence-corrected chi connectivity index (χ3v) is 4.03. The van der Waals surface area contributed by atoms with Gasteiger partial charge in [-0.25, -0.2) is 0 Å². The van der Waals surface area contributed by atoms with E-state index in [-0.39, 0.29) is 5.91 Å². The Hall–Kier alpha value is -1.75. The van der Waals surface area contributed by atoms with Crippen molar-refractivity contribution < 1.29 is 9.53 Å². The maximum absolute atomic E-state index is 12.5. The zero-order chi connectivity index (χ0) is 15.0. The summed E-state index contributed by atoms with van der Waals surface area (Å²) in [6.07, 6.45) is 4.24. The van der Waals surface area contributed by atoms with Crippen LogP contribution in [0.25, 0.3) is 0 Å². The summed E-state index contributed by atoms with van der Waals surface area (Å²) in [6.45, 7) is 1.99. The quantitative estimate of drug-likeness (QED) is 0.901. The molecule has 110 valence electrons. The SMILES string of the molecule is COc1cc(C)ccc1NC(=O)c1cc(Br)cn1C1CC1. The van der Waals surface area contributed by atoms with Crippen LogP contribution in [0.4, 0.5) is 5.69 Å². The first kappa shape index (κ1) is 14.2. The lowest BCUT2D eigenvalue weighted by Crippen LogP contribution is -2.16. The molecule has 0 radical (unpaired) electrons. The van der Waals surface area contributed by atoms with Crippen LogP contribution in [0.5, 0.6) is 5.75 Å². The minimum atomic E-state index is -0.116. The monoisotopic (exact) mass is 348 g/mol. The predicted octanol–water partition coefficient (Wildman–Crippen LogP) is 4.15. The predicted molar refractivity (Wildman–Crippen MR) is 86.1 cm³/mol. The third kappa shape index (κ3) is 2.97. The van der Waals surface area contributed by atoms with Gasteiger partial charge in [0.2, 0.25) is 0 Å². The molecule has 2 aromatic rings. The van der Waals surface area contributed by atoms with Gasteiger partial charge in [0.15, 0.2) is 0 Å². The van der Waals surface area contributed by atoms with Gasteiger partial charge in [-0.2, -0.15) is 0 Å². The number of nitrogens with zero attached hydrogens (tertiary/aromatic N) is 1. The molecule has 5 heteroatoms. The Labute approximate surface area is 132 Å². The lowest BCUT2D eigenvalue weighted by molar-refractivity contribution is 0.101.